The van der Waals surface area contributed by atoms with E-state index >= 15 is 4.39 Å². The number of fused-ring (bicyclic) bond motifs is 2. The summed E-state index contributed by atoms with van der Waals surface area (Å²) in [5, 5.41) is 15.5. The van der Waals surface area contributed by atoms with E-state index in [1.807, 2.05) is 11.9 Å². The summed E-state index contributed by atoms with van der Waals surface area (Å²) in [6, 6.07) is 1.03. The molecule has 3 aliphatic rings. The van der Waals surface area contributed by atoms with E-state index in [1.165, 1.54) is 15.3 Å². The van der Waals surface area contributed by atoms with Crippen molar-refractivity contribution in [1.82, 2.24) is 34.6 Å². The van der Waals surface area contributed by atoms with Crippen LogP contribution in [-0.2, 0) is 24.3 Å². The quantitative estimate of drug-likeness (QED) is 0.278. The number of piperazine rings is 1. The largest absolute Gasteiger partial charge is 0.504 e. The first-order chi connectivity index (χ1) is 21.5. The number of rotatable bonds is 7. The Labute approximate surface area is 260 Å². The van der Waals surface area contributed by atoms with E-state index < -0.39 is 53.1 Å². The summed E-state index contributed by atoms with van der Waals surface area (Å²) in [6.45, 7) is 2.87. The molecule has 5 heterocycles. The molecule has 0 spiro atoms. The first kappa shape index (κ1) is 30.4. The molecule has 238 valence electrons. The molecule has 1 saturated heterocycles. The highest BCUT2D eigenvalue weighted by Crippen LogP contribution is 2.41. The number of methoxy groups -OCH3 is 1. The van der Waals surface area contributed by atoms with E-state index in [0.29, 0.717) is 44.1 Å². The number of halogens is 3. The Morgan fingerprint density at radius 2 is 1.98 bits per heavy atom. The van der Waals surface area contributed by atoms with Gasteiger partial charge >= 0.3 is 0 Å². The van der Waals surface area contributed by atoms with Gasteiger partial charge in [-0.1, -0.05) is 11.6 Å². The van der Waals surface area contributed by atoms with Gasteiger partial charge in [0.2, 0.25) is 12.2 Å². The number of dihydropyridines is 1. The van der Waals surface area contributed by atoms with Crippen molar-refractivity contribution >= 4 is 34.4 Å². The molecule has 3 aliphatic heterocycles. The summed E-state index contributed by atoms with van der Waals surface area (Å²) < 4.78 is 38.5. The van der Waals surface area contributed by atoms with E-state index in [9.17, 15) is 23.9 Å². The van der Waals surface area contributed by atoms with E-state index in [1.54, 1.807) is 6.08 Å². The average molecular weight is 645 g/mol. The smallest absolute Gasteiger partial charge is 0.263 e. The van der Waals surface area contributed by atoms with Gasteiger partial charge in [0.25, 0.3) is 11.5 Å². The number of aromatic nitrogens is 3. The highest BCUT2D eigenvalue weighted by Gasteiger charge is 2.30. The van der Waals surface area contributed by atoms with Gasteiger partial charge in [0, 0.05) is 62.5 Å². The molecule has 1 fully saturated rings. The molecule has 2 amide bonds. The fourth-order valence-corrected chi connectivity index (χ4v) is 6.05. The maximum absolute atomic E-state index is 15.7. The van der Waals surface area contributed by atoms with Crippen molar-refractivity contribution in [1.29, 1.82) is 0 Å². The molecule has 6 rings (SSSR count). The maximum Gasteiger partial charge on any atom is 0.263 e. The molecule has 1 aromatic carbocycles. The van der Waals surface area contributed by atoms with Gasteiger partial charge in [-0.15, -0.1) is 0 Å². The van der Waals surface area contributed by atoms with Gasteiger partial charge in [-0.05, 0) is 19.5 Å². The highest BCUT2D eigenvalue weighted by molar-refractivity contribution is 6.30. The number of hydrogen-bond donors (Lipinski definition) is 4. The second kappa shape index (κ2) is 11.7. The second-order valence-corrected chi connectivity index (χ2v) is 11.5. The Morgan fingerprint density at radius 1 is 1.24 bits per heavy atom. The summed E-state index contributed by atoms with van der Waals surface area (Å²) >= 11 is 6.25. The monoisotopic (exact) mass is 644 g/mol. The molecular weight excluding hydrogens is 614 g/mol. The third-order valence-electron chi connectivity index (χ3n) is 8.26. The highest BCUT2D eigenvalue weighted by atomic mass is 35.5. The number of allylic oxidation sites excluding steroid dienone is 1. The fraction of sp³-hybridized carbons (Fsp3) is 0.379. The molecule has 0 radical (unpaired) electrons. The second-order valence-electron chi connectivity index (χ2n) is 11.1. The van der Waals surface area contributed by atoms with Crippen LogP contribution in [0.25, 0.3) is 22.2 Å². The van der Waals surface area contributed by atoms with Crippen molar-refractivity contribution in [2.75, 3.05) is 40.3 Å². The first-order valence-corrected chi connectivity index (χ1v) is 14.6. The Balaban J connectivity index is 1.40. The van der Waals surface area contributed by atoms with Gasteiger partial charge in [0.05, 0.1) is 28.8 Å². The number of phenols is 1. The Bertz CT molecular complexity index is 1860. The number of hydrogen-bond acceptors (Lipinski definition) is 9. The number of aromatic hydroxyl groups is 1. The van der Waals surface area contributed by atoms with Crippen LogP contribution in [0.15, 0.2) is 39.7 Å². The molecule has 1 unspecified atom stereocenters. The van der Waals surface area contributed by atoms with Gasteiger partial charge in [0.1, 0.15) is 23.8 Å². The van der Waals surface area contributed by atoms with Crippen molar-refractivity contribution in [2.45, 2.75) is 32.2 Å². The minimum Gasteiger partial charge on any atom is -0.504 e. The predicted molar refractivity (Wildman–Crippen MR) is 161 cm³/mol. The minimum atomic E-state index is -1.74. The average Bonchev–Trinajstić information content (AvgIpc) is 3.61. The SMILES string of the molecule is COc1c(O)c(C(N)=O)cc(-c2cn(CC(=O)NC3=C(Cl)C(F)NC(N4CCN(C)CC4)=C3)c3nc4n(c(=O)c23)CCC4)c1F. The van der Waals surface area contributed by atoms with Crippen molar-refractivity contribution in [2.24, 2.45) is 5.73 Å². The number of nitrogens with two attached hydrogens (primary N) is 1. The molecule has 45 heavy (non-hydrogen) atoms. The molecule has 1 atom stereocenters. The molecule has 3 aromatic rings. The van der Waals surface area contributed by atoms with Gasteiger partial charge in [0.15, 0.2) is 17.3 Å². The summed E-state index contributed by atoms with van der Waals surface area (Å²) in [6.07, 6.45) is 2.39. The molecule has 2 aromatic heterocycles. The van der Waals surface area contributed by atoms with Crippen molar-refractivity contribution in [3.63, 3.8) is 0 Å². The maximum atomic E-state index is 15.7. The normalized spacial score (nSPS) is 18.6. The lowest BCUT2D eigenvalue weighted by atomic mass is 10.0. The van der Waals surface area contributed by atoms with Crippen molar-refractivity contribution < 1.29 is 28.2 Å². The number of benzene rings is 1. The summed E-state index contributed by atoms with van der Waals surface area (Å²) in [7, 11) is 3.10. The van der Waals surface area contributed by atoms with Crippen LogP contribution in [0, 0.1) is 5.82 Å². The number of carbonyl (C=O) groups is 2. The van der Waals surface area contributed by atoms with E-state index in [-0.39, 0.29) is 32.9 Å². The van der Waals surface area contributed by atoms with Crippen molar-refractivity contribution in [3.8, 4) is 22.6 Å². The lowest BCUT2D eigenvalue weighted by molar-refractivity contribution is -0.120. The number of carbonyl (C=O) groups excluding carboxylic acids is 2. The number of likely N-dealkylation sites (N-methyl/N-ethyl adjacent to an activating group) is 1. The molecule has 5 N–H and O–H groups in total. The van der Waals surface area contributed by atoms with Crippen molar-refractivity contribution in [3.05, 3.63) is 62.4 Å². The number of alkyl halides is 1. The zero-order valence-corrected chi connectivity index (χ0v) is 25.2. The minimum absolute atomic E-state index is 0.00398. The molecule has 0 aliphatic carbocycles. The molecular formula is C29H31ClF2N8O5. The van der Waals surface area contributed by atoms with Gasteiger partial charge in [-0.2, -0.15) is 0 Å². The van der Waals surface area contributed by atoms with Gasteiger partial charge in [-0.3, -0.25) is 19.0 Å². The topological polar surface area (TPSA) is 160 Å². The van der Waals surface area contributed by atoms with Crippen LogP contribution in [0.3, 0.4) is 0 Å². The number of aryl methyl sites for hydroxylation is 1. The van der Waals surface area contributed by atoms with Gasteiger partial charge in [-0.25, -0.2) is 13.8 Å². The number of amides is 2. The van der Waals surface area contributed by atoms with E-state index in [4.69, 9.17) is 22.1 Å². The Hall–Kier alpha value is -4.63. The fourth-order valence-electron chi connectivity index (χ4n) is 5.89. The van der Waals surface area contributed by atoms with Crippen LogP contribution in [0.4, 0.5) is 8.78 Å². The van der Waals surface area contributed by atoms with E-state index in [0.717, 1.165) is 26.3 Å². The number of ether oxygens (including phenoxy) is 1. The van der Waals surface area contributed by atoms with Crippen LogP contribution in [-0.4, -0.2) is 87.5 Å². The van der Waals surface area contributed by atoms with Crippen LogP contribution in [0.1, 0.15) is 22.6 Å². The lowest BCUT2D eigenvalue weighted by Crippen LogP contribution is -2.49. The van der Waals surface area contributed by atoms with Crippen LogP contribution in [0.5, 0.6) is 11.5 Å². The molecule has 0 bridgehead atoms. The Morgan fingerprint density at radius 3 is 2.67 bits per heavy atom. The van der Waals surface area contributed by atoms with Crippen LogP contribution >= 0.6 is 11.6 Å². The molecule has 16 heteroatoms. The predicted octanol–water partition coefficient (Wildman–Crippen LogP) is 1.32. The molecule has 0 saturated carbocycles. The third kappa shape index (κ3) is 5.35. The zero-order valence-electron chi connectivity index (χ0n) is 24.5. The molecule has 13 nitrogen and oxygen atoms in total. The number of nitrogens with one attached hydrogen (secondary N) is 2. The van der Waals surface area contributed by atoms with Crippen LogP contribution in [0.2, 0.25) is 0 Å². The summed E-state index contributed by atoms with van der Waals surface area (Å²) in [5.74, 6) is -3.14. The number of nitrogens with zero attached hydrogens (tertiary/aromatic N) is 5. The van der Waals surface area contributed by atoms with Crippen LogP contribution < -0.4 is 26.7 Å². The standard InChI is InChI=1S/C29H31ClF2N8O5/c1-37-6-8-38(9-7-37)19-11-17(22(30)26(32)35-19)34-20(41)13-39-12-16(21-28(39)36-18-4-3-5-40(18)29(21)44)14-10-15(27(33)43)24(42)25(45-2)23(14)31/h10-12,26,35,42H,3-9,13H2,1-2H3,(H2,33,43)(H,34,41). The third-order valence-corrected chi connectivity index (χ3v) is 8.65. The Kier molecular flexibility index (Phi) is 7.91. The zero-order chi connectivity index (χ0) is 32.2. The summed E-state index contributed by atoms with van der Waals surface area (Å²) in [5.41, 5.74) is 4.47. The summed E-state index contributed by atoms with van der Waals surface area (Å²) in [4.78, 5) is 47.9. The first-order valence-electron chi connectivity index (χ1n) is 14.3. The van der Waals surface area contributed by atoms with E-state index in [2.05, 4.69) is 20.5 Å². The lowest BCUT2D eigenvalue weighted by Gasteiger charge is -2.37. The number of primary amides is 1. The van der Waals surface area contributed by atoms with Gasteiger partial charge < -0.3 is 40.6 Å².